The van der Waals surface area contributed by atoms with Gasteiger partial charge in [0.2, 0.25) is 0 Å². The van der Waals surface area contributed by atoms with Gasteiger partial charge in [0.25, 0.3) is 5.91 Å². The van der Waals surface area contributed by atoms with Crippen LogP contribution in [0.1, 0.15) is 15.9 Å². The second-order valence-electron chi connectivity index (χ2n) is 3.24. The summed E-state index contributed by atoms with van der Waals surface area (Å²) in [6.45, 7) is 1.91. The van der Waals surface area contributed by atoms with Gasteiger partial charge in [0.15, 0.2) is 5.84 Å². The molecule has 1 aromatic rings. The minimum Gasteiger partial charge on any atom is -0.409 e. The van der Waals surface area contributed by atoms with E-state index < -0.39 is 0 Å². The van der Waals surface area contributed by atoms with Crippen LogP contribution >= 0.6 is 15.9 Å². The van der Waals surface area contributed by atoms with E-state index in [-0.39, 0.29) is 18.3 Å². The SMILES string of the molecule is Cc1cc(C(=O)NC/C(N)=N/O)ccc1Br. The van der Waals surface area contributed by atoms with Crippen molar-refractivity contribution in [3.8, 4) is 0 Å². The van der Waals surface area contributed by atoms with E-state index in [4.69, 9.17) is 10.9 Å². The molecule has 0 saturated heterocycles. The fourth-order valence-corrected chi connectivity index (χ4v) is 1.34. The van der Waals surface area contributed by atoms with E-state index in [1.54, 1.807) is 18.2 Å². The van der Waals surface area contributed by atoms with Gasteiger partial charge in [0, 0.05) is 10.0 Å². The monoisotopic (exact) mass is 285 g/mol. The van der Waals surface area contributed by atoms with Gasteiger partial charge in [-0.3, -0.25) is 4.79 Å². The molecule has 0 fully saturated rings. The van der Waals surface area contributed by atoms with Crippen LogP contribution < -0.4 is 11.1 Å². The third-order valence-electron chi connectivity index (χ3n) is 1.98. The van der Waals surface area contributed by atoms with Crippen LogP contribution in [0.4, 0.5) is 0 Å². The van der Waals surface area contributed by atoms with Crippen molar-refractivity contribution in [2.24, 2.45) is 10.9 Å². The molecular formula is C10H12BrN3O2. The quantitative estimate of drug-likeness (QED) is 0.338. The molecule has 0 atom stereocenters. The van der Waals surface area contributed by atoms with Crippen LogP contribution in [-0.2, 0) is 0 Å². The smallest absolute Gasteiger partial charge is 0.251 e. The second-order valence-corrected chi connectivity index (χ2v) is 4.09. The summed E-state index contributed by atoms with van der Waals surface area (Å²) in [7, 11) is 0. The first kappa shape index (κ1) is 12.5. The van der Waals surface area contributed by atoms with E-state index in [0.29, 0.717) is 5.56 Å². The molecule has 0 aliphatic heterocycles. The van der Waals surface area contributed by atoms with E-state index >= 15 is 0 Å². The first-order valence-electron chi connectivity index (χ1n) is 4.55. The summed E-state index contributed by atoms with van der Waals surface area (Å²) in [6, 6.07) is 5.25. The maximum atomic E-state index is 11.6. The zero-order valence-corrected chi connectivity index (χ0v) is 10.3. The molecule has 5 nitrogen and oxygen atoms in total. The highest BCUT2D eigenvalue weighted by Gasteiger charge is 2.06. The predicted molar refractivity (Wildman–Crippen MR) is 64.6 cm³/mol. The van der Waals surface area contributed by atoms with Crippen molar-refractivity contribution < 1.29 is 10.0 Å². The zero-order valence-electron chi connectivity index (χ0n) is 8.70. The molecule has 0 saturated carbocycles. The maximum Gasteiger partial charge on any atom is 0.251 e. The molecule has 0 heterocycles. The Morgan fingerprint density at radius 2 is 2.31 bits per heavy atom. The highest BCUT2D eigenvalue weighted by atomic mass is 79.9. The Morgan fingerprint density at radius 3 is 2.88 bits per heavy atom. The van der Waals surface area contributed by atoms with Crippen LogP contribution in [0.15, 0.2) is 27.8 Å². The summed E-state index contributed by atoms with van der Waals surface area (Å²) in [6.07, 6.45) is 0. The largest absolute Gasteiger partial charge is 0.409 e. The minimum atomic E-state index is -0.262. The zero-order chi connectivity index (χ0) is 12.1. The summed E-state index contributed by atoms with van der Waals surface area (Å²) < 4.78 is 0.945. The standard InChI is InChI=1S/C10H12BrN3O2/c1-6-4-7(2-3-8(6)11)10(15)13-5-9(12)14-16/h2-4,16H,5H2,1H3,(H2,12,14)(H,13,15). The topological polar surface area (TPSA) is 87.7 Å². The molecule has 0 bridgehead atoms. The fourth-order valence-electron chi connectivity index (χ4n) is 1.09. The van der Waals surface area contributed by atoms with E-state index in [1.165, 1.54) is 0 Å². The number of nitrogens with two attached hydrogens (primary N) is 1. The maximum absolute atomic E-state index is 11.6. The third kappa shape index (κ3) is 3.23. The number of nitrogens with one attached hydrogen (secondary N) is 1. The van der Waals surface area contributed by atoms with Gasteiger partial charge < -0.3 is 16.3 Å². The van der Waals surface area contributed by atoms with Gasteiger partial charge in [-0.25, -0.2) is 0 Å². The molecule has 1 aromatic carbocycles. The summed E-state index contributed by atoms with van der Waals surface area (Å²) in [5, 5.41) is 13.6. The normalized spacial score (nSPS) is 11.2. The lowest BCUT2D eigenvalue weighted by molar-refractivity contribution is 0.0959. The van der Waals surface area contributed by atoms with Crippen molar-refractivity contribution in [3.05, 3.63) is 33.8 Å². The van der Waals surface area contributed by atoms with E-state index in [1.807, 2.05) is 6.92 Å². The van der Waals surface area contributed by atoms with Gasteiger partial charge in [-0.15, -0.1) is 0 Å². The average Bonchev–Trinajstić information content (AvgIpc) is 2.29. The van der Waals surface area contributed by atoms with Crippen LogP contribution in [0, 0.1) is 6.92 Å². The molecule has 86 valence electrons. The number of benzene rings is 1. The first-order chi connectivity index (χ1) is 7.54. The number of aryl methyl sites for hydroxylation is 1. The summed E-state index contributed by atoms with van der Waals surface area (Å²) in [5.74, 6) is -0.301. The van der Waals surface area contributed by atoms with Gasteiger partial charge in [-0.2, -0.15) is 0 Å². The Hall–Kier alpha value is -1.56. The van der Waals surface area contributed by atoms with Crippen LogP contribution in [0.2, 0.25) is 0 Å². The van der Waals surface area contributed by atoms with Crippen molar-refractivity contribution in [2.45, 2.75) is 6.92 Å². The molecule has 0 aromatic heterocycles. The van der Waals surface area contributed by atoms with Gasteiger partial charge in [-0.1, -0.05) is 21.1 Å². The van der Waals surface area contributed by atoms with Crippen molar-refractivity contribution in [2.75, 3.05) is 6.54 Å². The van der Waals surface area contributed by atoms with Gasteiger partial charge in [0.1, 0.15) is 0 Å². The first-order valence-corrected chi connectivity index (χ1v) is 5.34. The summed E-state index contributed by atoms with van der Waals surface area (Å²) in [5.41, 5.74) is 6.73. The highest BCUT2D eigenvalue weighted by molar-refractivity contribution is 9.10. The molecule has 16 heavy (non-hydrogen) atoms. The Labute approximate surface area is 101 Å². The molecule has 6 heteroatoms. The number of amides is 1. The molecule has 0 radical (unpaired) electrons. The van der Waals surface area contributed by atoms with Crippen molar-refractivity contribution in [1.82, 2.24) is 5.32 Å². The Kier molecular flexibility index (Phi) is 4.30. The van der Waals surface area contributed by atoms with Crippen molar-refractivity contribution in [1.29, 1.82) is 0 Å². The van der Waals surface area contributed by atoms with Crippen LogP contribution in [-0.4, -0.2) is 23.5 Å². The van der Waals surface area contributed by atoms with Crippen LogP contribution in [0.5, 0.6) is 0 Å². The molecular weight excluding hydrogens is 274 g/mol. The number of hydrogen-bond donors (Lipinski definition) is 3. The molecule has 1 amide bonds. The van der Waals surface area contributed by atoms with Crippen LogP contribution in [0.3, 0.4) is 0 Å². The molecule has 0 spiro atoms. The minimum absolute atomic E-state index is 0.0183. The number of carbonyl (C=O) groups is 1. The molecule has 4 N–H and O–H groups in total. The lowest BCUT2D eigenvalue weighted by Crippen LogP contribution is -2.33. The van der Waals surface area contributed by atoms with E-state index in [2.05, 4.69) is 26.4 Å². The van der Waals surface area contributed by atoms with Crippen molar-refractivity contribution in [3.63, 3.8) is 0 Å². The van der Waals surface area contributed by atoms with Gasteiger partial charge in [-0.05, 0) is 30.7 Å². The van der Waals surface area contributed by atoms with E-state index in [9.17, 15) is 4.79 Å². The second kappa shape index (κ2) is 5.50. The van der Waals surface area contributed by atoms with Gasteiger partial charge >= 0.3 is 0 Å². The lowest BCUT2D eigenvalue weighted by atomic mass is 10.1. The summed E-state index contributed by atoms with van der Waals surface area (Å²) >= 11 is 3.35. The number of halogens is 1. The number of amidine groups is 1. The highest BCUT2D eigenvalue weighted by Crippen LogP contribution is 2.16. The summed E-state index contributed by atoms with van der Waals surface area (Å²) in [4.78, 5) is 11.6. The molecule has 0 aliphatic carbocycles. The van der Waals surface area contributed by atoms with Gasteiger partial charge in [0.05, 0.1) is 6.54 Å². The number of rotatable bonds is 3. The number of hydrogen-bond acceptors (Lipinski definition) is 3. The number of nitrogens with zero attached hydrogens (tertiary/aromatic N) is 1. The van der Waals surface area contributed by atoms with Crippen molar-refractivity contribution >= 4 is 27.7 Å². The third-order valence-corrected chi connectivity index (χ3v) is 2.87. The number of oxime groups is 1. The molecule has 0 aliphatic rings. The Bertz CT molecular complexity index is 432. The van der Waals surface area contributed by atoms with Crippen LogP contribution in [0.25, 0.3) is 0 Å². The molecule has 0 unspecified atom stereocenters. The molecule has 1 rings (SSSR count). The van der Waals surface area contributed by atoms with E-state index in [0.717, 1.165) is 10.0 Å². The Balaban J connectivity index is 2.70. The lowest BCUT2D eigenvalue weighted by Gasteiger charge is -2.05. The fraction of sp³-hybridized carbons (Fsp3) is 0.200. The average molecular weight is 286 g/mol. The predicted octanol–water partition coefficient (Wildman–Crippen LogP) is 1.23. The number of carbonyl (C=O) groups excluding carboxylic acids is 1. The Morgan fingerprint density at radius 1 is 1.62 bits per heavy atom.